The van der Waals surface area contributed by atoms with Gasteiger partial charge in [0.05, 0.1) is 24.2 Å². The molecule has 17 heavy (non-hydrogen) atoms. The molecular formula is C11H18N4O2. The van der Waals surface area contributed by atoms with Crippen LogP contribution in [0.2, 0.25) is 0 Å². The minimum absolute atomic E-state index is 0.00103. The van der Waals surface area contributed by atoms with Gasteiger partial charge in [-0.1, -0.05) is 0 Å². The van der Waals surface area contributed by atoms with Crippen LogP contribution in [-0.4, -0.2) is 44.7 Å². The van der Waals surface area contributed by atoms with E-state index >= 15 is 0 Å². The normalized spacial score (nSPS) is 10.1. The number of pyridine rings is 1. The van der Waals surface area contributed by atoms with Gasteiger partial charge >= 0.3 is 0 Å². The number of aromatic nitrogens is 1. The van der Waals surface area contributed by atoms with Crippen molar-refractivity contribution in [2.45, 2.75) is 0 Å². The van der Waals surface area contributed by atoms with E-state index in [0.717, 1.165) is 5.69 Å². The summed E-state index contributed by atoms with van der Waals surface area (Å²) in [6, 6.07) is 1.83. The van der Waals surface area contributed by atoms with Crippen LogP contribution in [0, 0.1) is 0 Å². The van der Waals surface area contributed by atoms with Gasteiger partial charge in [-0.2, -0.15) is 0 Å². The number of amides is 1. The fourth-order valence-electron chi connectivity index (χ4n) is 1.31. The Kier molecular flexibility index (Phi) is 5.38. The number of nitrogens with two attached hydrogens (primary N) is 1. The van der Waals surface area contributed by atoms with Crippen LogP contribution in [0.4, 0.5) is 11.4 Å². The molecule has 0 fully saturated rings. The Morgan fingerprint density at radius 3 is 3.00 bits per heavy atom. The number of hydrogen-bond donors (Lipinski definition) is 2. The molecule has 1 aromatic heterocycles. The van der Waals surface area contributed by atoms with Crippen molar-refractivity contribution in [3.05, 3.63) is 18.5 Å². The van der Waals surface area contributed by atoms with Crippen molar-refractivity contribution in [3.63, 3.8) is 0 Å². The van der Waals surface area contributed by atoms with E-state index in [2.05, 4.69) is 10.3 Å². The van der Waals surface area contributed by atoms with Crippen molar-refractivity contribution >= 4 is 17.3 Å². The molecule has 1 amide bonds. The highest BCUT2D eigenvalue weighted by molar-refractivity contribution is 5.94. The van der Waals surface area contributed by atoms with Crippen molar-refractivity contribution in [3.8, 4) is 0 Å². The summed E-state index contributed by atoms with van der Waals surface area (Å²) in [4.78, 5) is 17.4. The fraction of sp³-hybridized carbons (Fsp3) is 0.455. The first-order valence-corrected chi connectivity index (χ1v) is 5.34. The number of ether oxygens (including phenoxy) is 1. The highest BCUT2D eigenvalue weighted by Gasteiger charge is 2.08. The average molecular weight is 238 g/mol. The summed E-state index contributed by atoms with van der Waals surface area (Å²) < 4.78 is 5.05. The first kappa shape index (κ1) is 13.4. The first-order chi connectivity index (χ1) is 8.15. The molecule has 3 N–H and O–H groups in total. The Bertz CT molecular complexity index is 368. The van der Waals surface area contributed by atoms with Gasteiger partial charge < -0.3 is 20.7 Å². The molecule has 0 aliphatic rings. The lowest BCUT2D eigenvalue weighted by atomic mass is 10.3. The molecule has 6 nitrogen and oxygen atoms in total. The van der Waals surface area contributed by atoms with Crippen LogP contribution in [0.15, 0.2) is 18.5 Å². The number of nitrogens with zero attached hydrogens (tertiary/aromatic N) is 2. The second kappa shape index (κ2) is 6.82. The first-order valence-electron chi connectivity index (χ1n) is 5.34. The van der Waals surface area contributed by atoms with Crippen LogP contribution < -0.4 is 16.0 Å². The van der Waals surface area contributed by atoms with E-state index in [9.17, 15) is 4.79 Å². The van der Waals surface area contributed by atoms with Crippen molar-refractivity contribution < 1.29 is 9.53 Å². The van der Waals surface area contributed by atoms with Gasteiger partial charge in [0.15, 0.2) is 0 Å². The summed E-state index contributed by atoms with van der Waals surface area (Å²) in [5.41, 5.74) is 6.82. The molecule has 0 unspecified atom stereocenters. The zero-order valence-electron chi connectivity index (χ0n) is 10.1. The predicted molar refractivity (Wildman–Crippen MR) is 67.1 cm³/mol. The van der Waals surface area contributed by atoms with Gasteiger partial charge in [-0.3, -0.25) is 9.78 Å². The molecule has 0 spiro atoms. The van der Waals surface area contributed by atoms with Crippen molar-refractivity contribution in [1.29, 1.82) is 0 Å². The zero-order chi connectivity index (χ0) is 12.7. The summed E-state index contributed by atoms with van der Waals surface area (Å²) in [5.74, 6) is -0.213. The lowest BCUT2D eigenvalue weighted by molar-refractivity contribution is -0.120. The molecule has 1 aromatic rings. The van der Waals surface area contributed by atoms with Crippen LogP contribution in [-0.2, 0) is 9.53 Å². The standard InChI is InChI=1S/C11H18N4O2/c1-15(2)10-3-5-13-7-9(10)14-11(16)8-17-6-4-12/h3,5,7H,4,6,8,12H2,1-2H3,(H,14,16). The van der Waals surface area contributed by atoms with Crippen molar-refractivity contribution in [1.82, 2.24) is 4.98 Å². The Morgan fingerprint density at radius 1 is 1.59 bits per heavy atom. The van der Waals surface area contributed by atoms with E-state index in [1.54, 1.807) is 12.4 Å². The molecular weight excluding hydrogens is 220 g/mol. The molecule has 0 atom stereocenters. The molecule has 0 aliphatic heterocycles. The maximum atomic E-state index is 11.5. The van der Waals surface area contributed by atoms with Crippen LogP contribution in [0.3, 0.4) is 0 Å². The Hall–Kier alpha value is -1.66. The number of rotatable bonds is 6. The number of hydrogen-bond acceptors (Lipinski definition) is 5. The molecule has 94 valence electrons. The van der Waals surface area contributed by atoms with Gasteiger partial charge in [-0.15, -0.1) is 0 Å². The van der Waals surface area contributed by atoms with Gasteiger partial charge in [0.25, 0.3) is 0 Å². The third-order valence-electron chi connectivity index (χ3n) is 2.05. The van der Waals surface area contributed by atoms with Crippen LogP contribution >= 0.6 is 0 Å². The van der Waals surface area contributed by atoms with E-state index in [1.807, 2.05) is 25.1 Å². The average Bonchev–Trinajstić information content (AvgIpc) is 2.29. The molecule has 6 heteroatoms. The lowest BCUT2D eigenvalue weighted by Crippen LogP contribution is -2.22. The molecule has 0 saturated carbocycles. The van der Waals surface area contributed by atoms with Crippen molar-refractivity contribution in [2.24, 2.45) is 5.73 Å². The van der Waals surface area contributed by atoms with Crippen LogP contribution in [0.25, 0.3) is 0 Å². The van der Waals surface area contributed by atoms with Gasteiger partial charge in [0, 0.05) is 26.8 Å². The van der Waals surface area contributed by atoms with Crippen LogP contribution in [0.5, 0.6) is 0 Å². The Balaban J connectivity index is 2.58. The maximum Gasteiger partial charge on any atom is 0.250 e. The van der Waals surface area contributed by atoms with Gasteiger partial charge in [-0.25, -0.2) is 0 Å². The third-order valence-corrected chi connectivity index (χ3v) is 2.05. The third kappa shape index (κ3) is 4.38. The van der Waals surface area contributed by atoms with E-state index < -0.39 is 0 Å². The lowest BCUT2D eigenvalue weighted by Gasteiger charge is -2.17. The maximum absolute atomic E-state index is 11.5. The number of carbonyl (C=O) groups excluding carboxylic acids is 1. The minimum Gasteiger partial charge on any atom is -0.376 e. The zero-order valence-corrected chi connectivity index (χ0v) is 10.1. The molecule has 1 rings (SSSR count). The summed E-state index contributed by atoms with van der Waals surface area (Å²) in [7, 11) is 3.80. The fourth-order valence-corrected chi connectivity index (χ4v) is 1.31. The number of anilines is 2. The number of carbonyl (C=O) groups is 1. The molecule has 0 aromatic carbocycles. The second-order valence-electron chi connectivity index (χ2n) is 3.68. The monoisotopic (exact) mass is 238 g/mol. The largest absolute Gasteiger partial charge is 0.376 e. The van der Waals surface area contributed by atoms with Crippen molar-refractivity contribution in [2.75, 3.05) is 44.1 Å². The van der Waals surface area contributed by atoms with E-state index in [1.165, 1.54) is 0 Å². The highest BCUT2D eigenvalue weighted by Crippen LogP contribution is 2.21. The Labute approximate surface area is 101 Å². The van der Waals surface area contributed by atoms with Gasteiger partial charge in [-0.05, 0) is 6.07 Å². The smallest absolute Gasteiger partial charge is 0.250 e. The molecule has 0 aliphatic carbocycles. The topological polar surface area (TPSA) is 80.5 Å². The summed E-state index contributed by atoms with van der Waals surface area (Å²) >= 11 is 0. The minimum atomic E-state index is -0.213. The SMILES string of the molecule is CN(C)c1ccncc1NC(=O)COCCN. The predicted octanol–water partition coefficient (Wildman–Crippen LogP) is 0.0614. The molecule has 0 radical (unpaired) electrons. The van der Waals surface area contributed by atoms with E-state index in [4.69, 9.17) is 10.5 Å². The number of nitrogens with one attached hydrogen (secondary N) is 1. The molecule has 0 saturated heterocycles. The Morgan fingerprint density at radius 2 is 2.35 bits per heavy atom. The van der Waals surface area contributed by atoms with E-state index in [-0.39, 0.29) is 12.5 Å². The van der Waals surface area contributed by atoms with Gasteiger partial charge in [0.2, 0.25) is 5.91 Å². The second-order valence-corrected chi connectivity index (χ2v) is 3.68. The summed E-state index contributed by atoms with van der Waals surface area (Å²) in [5, 5.41) is 2.74. The quantitative estimate of drug-likeness (QED) is 0.685. The summed E-state index contributed by atoms with van der Waals surface area (Å²) in [6.45, 7) is 0.781. The van der Waals surface area contributed by atoms with E-state index in [0.29, 0.717) is 18.8 Å². The molecule has 0 bridgehead atoms. The van der Waals surface area contributed by atoms with Gasteiger partial charge in [0.1, 0.15) is 6.61 Å². The highest BCUT2D eigenvalue weighted by atomic mass is 16.5. The van der Waals surface area contributed by atoms with Crippen LogP contribution in [0.1, 0.15) is 0 Å². The summed E-state index contributed by atoms with van der Waals surface area (Å²) in [6.07, 6.45) is 3.28. The molecule has 1 heterocycles.